The third kappa shape index (κ3) is 3.65. The quantitative estimate of drug-likeness (QED) is 0.643. The molecule has 2 saturated heterocycles. The van der Waals surface area contributed by atoms with Crippen LogP contribution in [0.2, 0.25) is 0 Å². The van der Waals surface area contributed by atoms with Crippen molar-refractivity contribution < 1.29 is 9.13 Å². The van der Waals surface area contributed by atoms with E-state index >= 15 is 0 Å². The summed E-state index contributed by atoms with van der Waals surface area (Å²) in [5.74, 6) is 0.287. The Labute approximate surface area is 182 Å². The lowest BCUT2D eigenvalue weighted by atomic mass is 9.78. The summed E-state index contributed by atoms with van der Waals surface area (Å²) in [5.41, 5.74) is 4.62. The molecule has 2 fully saturated rings. The minimum atomic E-state index is -0.463. The first-order valence-corrected chi connectivity index (χ1v) is 10.6. The van der Waals surface area contributed by atoms with Crippen molar-refractivity contribution >= 4 is 17.5 Å². The minimum absolute atomic E-state index is 0.127. The number of aromatic nitrogens is 2. The highest BCUT2D eigenvalue weighted by atomic mass is 19.1. The van der Waals surface area contributed by atoms with Gasteiger partial charge >= 0.3 is 0 Å². The number of rotatable bonds is 5. The van der Waals surface area contributed by atoms with Gasteiger partial charge in [-0.3, -0.25) is 0 Å². The predicted molar refractivity (Wildman–Crippen MR) is 120 cm³/mol. The van der Waals surface area contributed by atoms with E-state index in [1.165, 1.54) is 22.9 Å². The number of anilines is 3. The zero-order valence-corrected chi connectivity index (χ0v) is 18.2. The topological polar surface area (TPSA) is 50.3 Å². The molecule has 31 heavy (non-hydrogen) atoms. The normalized spacial score (nSPS) is 17.2. The number of halogens is 1. The molecule has 0 unspecified atom stereocenters. The van der Waals surface area contributed by atoms with Gasteiger partial charge in [-0.05, 0) is 30.2 Å². The van der Waals surface area contributed by atoms with Crippen LogP contribution in [0, 0.1) is 18.2 Å². The Balaban J connectivity index is 1.31. The molecule has 0 radical (unpaired) electrons. The predicted octanol–water partition coefficient (Wildman–Crippen LogP) is 4.83. The second-order valence-electron chi connectivity index (χ2n) is 9.41. The van der Waals surface area contributed by atoms with Crippen molar-refractivity contribution in [2.24, 2.45) is 5.41 Å². The Bertz CT molecular complexity index is 1080. The number of aryl methyl sites for hydroxylation is 1. The van der Waals surface area contributed by atoms with Crippen molar-refractivity contribution in [3.05, 3.63) is 77.2 Å². The van der Waals surface area contributed by atoms with Crippen LogP contribution >= 0.6 is 0 Å². The van der Waals surface area contributed by atoms with Gasteiger partial charge in [-0.25, -0.2) is 9.37 Å². The second-order valence-corrected chi connectivity index (χ2v) is 9.41. The maximum Gasteiger partial charge on any atom is 0.227 e. The van der Waals surface area contributed by atoms with Crippen molar-refractivity contribution in [3.8, 4) is 0 Å². The number of nitrogens with zero attached hydrogens (tertiary/aromatic N) is 3. The molecular formula is C25H27FN4O. The van der Waals surface area contributed by atoms with Crippen molar-refractivity contribution in [1.82, 2.24) is 9.97 Å². The molecule has 3 aromatic rings. The highest BCUT2D eigenvalue weighted by Gasteiger charge is 2.50. The van der Waals surface area contributed by atoms with Gasteiger partial charge in [-0.2, -0.15) is 4.98 Å². The Morgan fingerprint density at radius 1 is 1.00 bits per heavy atom. The van der Waals surface area contributed by atoms with Gasteiger partial charge in [-0.15, -0.1) is 0 Å². The Morgan fingerprint density at radius 3 is 2.19 bits per heavy atom. The standard InChI is InChI=1S/C25H27FN4O/c1-17-4-6-18(7-5-17)24(2,3)19-8-10-20(11-9-19)28-22-21(26)12-27-23(29-22)30-13-25(14-30)15-31-16-25/h4-12H,13-16H2,1-3H3,(H,27,28,29). The Kier molecular flexibility index (Phi) is 4.70. The summed E-state index contributed by atoms with van der Waals surface area (Å²) in [5, 5.41) is 3.11. The molecule has 0 atom stereocenters. The minimum Gasteiger partial charge on any atom is -0.380 e. The lowest BCUT2D eigenvalue weighted by molar-refractivity contribution is -0.127. The first-order valence-electron chi connectivity index (χ1n) is 10.6. The van der Waals surface area contributed by atoms with E-state index < -0.39 is 5.82 Å². The number of nitrogens with one attached hydrogen (secondary N) is 1. The number of benzene rings is 2. The van der Waals surface area contributed by atoms with Crippen LogP contribution in [-0.2, 0) is 10.2 Å². The van der Waals surface area contributed by atoms with Gasteiger partial charge in [0.2, 0.25) is 5.95 Å². The number of hydrogen-bond donors (Lipinski definition) is 1. The first-order chi connectivity index (χ1) is 14.8. The molecule has 0 amide bonds. The molecule has 1 aromatic heterocycles. The lowest BCUT2D eigenvalue weighted by Gasteiger charge is -2.54. The first kappa shape index (κ1) is 19.9. The van der Waals surface area contributed by atoms with Gasteiger partial charge in [0, 0.05) is 24.2 Å². The zero-order chi connectivity index (χ0) is 21.6. The Morgan fingerprint density at radius 2 is 1.61 bits per heavy atom. The maximum atomic E-state index is 14.4. The van der Waals surface area contributed by atoms with Crippen molar-refractivity contribution in [2.75, 3.05) is 36.5 Å². The second kappa shape index (κ2) is 7.31. The van der Waals surface area contributed by atoms with E-state index in [2.05, 4.69) is 77.4 Å². The molecule has 5 nitrogen and oxygen atoms in total. The Hall–Kier alpha value is -2.99. The fourth-order valence-electron chi connectivity index (χ4n) is 4.32. The molecule has 0 aliphatic carbocycles. The third-order valence-corrected chi connectivity index (χ3v) is 6.53. The van der Waals surface area contributed by atoms with Gasteiger partial charge in [0.05, 0.1) is 24.8 Å². The summed E-state index contributed by atoms with van der Waals surface area (Å²) >= 11 is 0. The monoisotopic (exact) mass is 418 g/mol. The highest BCUT2D eigenvalue weighted by Crippen LogP contribution is 2.39. The molecule has 1 spiro atoms. The summed E-state index contributed by atoms with van der Waals surface area (Å²) in [7, 11) is 0. The van der Waals surface area contributed by atoms with Crippen LogP contribution in [0.15, 0.2) is 54.7 Å². The number of hydrogen-bond acceptors (Lipinski definition) is 5. The van der Waals surface area contributed by atoms with Crippen molar-refractivity contribution in [1.29, 1.82) is 0 Å². The molecule has 0 saturated carbocycles. The van der Waals surface area contributed by atoms with Crippen LogP contribution < -0.4 is 10.2 Å². The van der Waals surface area contributed by atoms with E-state index in [0.717, 1.165) is 32.0 Å². The average Bonchev–Trinajstić information content (AvgIpc) is 2.69. The maximum absolute atomic E-state index is 14.4. The third-order valence-electron chi connectivity index (χ3n) is 6.53. The fraction of sp³-hybridized carbons (Fsp3) is 0.360. The fourth-order valence-corrected chi connectivity index (χ4v) is 4.32. The molecule has 0 bridgehead atoms. The van der Waals surface area contributed by atoms with Crippen LogP contribution in [0.3, 0.4) is 0 Å². The van der Waals surface area contributed by atoms with E-state index in [4.69, 9.17) is 4.74 Å². The van der Waals surface area contributed by atoms with Gasteiger partial charge < -0.3 is 15.0 Å². The molecular weight excluding hydrogens is 391 g/mol. The molecule has 2 aliphatic rings. The largest absolute Gasteiger partial charge is 0.380 e. The van der Waals surface area contributed by atoms with Gasteiger partial charge in [0.1, 0.15) is 0 Å². The van der Waals surface area contributed by atoms with E-state index in [1.54, 1.807) is 0 Å². The van der Waals surface area contributed by atoms with Crippen LogP contribution in [0.25, 0.3) is 0 Å². The molecule has 1 N–H and O–H groups in total. The molecule has 5 rings (SSSR count). The summed E-state index contributed by atoms with van der Waals surface area (Å²) in [6.07, 6.45) is 1.24. The summed E-state index contributed by atoms with van der Waals surface area (Å²) < 4.78 is 19.7. The summed E-state index contributed by atoms with van der Waals surface area (Å²) in [6.45, 7) is 9.83. The molecule has 3 heterocycles. The van der Waals surface area contributed by atoms with Gasteiger partial charge in [0.15, 0.2) is 11.6 Å². The molecule has 2 aliphatic heterocycles. The van der Waals surface area contributed by atoms with E-state index in [0.29, 0.717) is 5.95 Å². The smallest absolute Gasteiger partial charge is 0.227 e. The van der Waals surface area contributed by atoms with Crippen LogP contribution in [0.5, 0.6) is 0 Å². The van der Waals surface area contributed by atoms with Gasteiger partial charge in [-0.1, -0.05) is 55.8 Å². The average molecular weight is 419 g/mol. The van der Waals surface area contributed by atoms with Crippen LogP contribution in [-0.4, -0.2) is 36.3 Å². The van der Waals surface area contributed by atoms with Gasteiger partial charge in [0.25, 0.3) is 0 Å². The molecule has 6 heteroatoms. The number of ether oxygens (including phenoxy) is 1. The van der Waals surface area contributed by atoms with Crippen molar-refractivity contribution in [2.45, 2.75) is 26.2 Å². The van der Waals surface area contributed by atoms with E-state index in [-0.39, 0.29) is 16.6 Å². The summed E-state index contributed by atoms with van der Waals surface area (Å²) in [6, 6.07) is 16.7. The van der Waals surface area contributed by atoms with E-state index in [1.807, 2.05) is 12.1 Å². The van der Waals surface area contributed by atoms with E-state index in [9.17, 15) is 4.39 Å². The van der Waals surface area contributed by atoms with Crippen molar-refractivity contribution in [3.63, 3.8) is 0 Å². The highest BCUT2D eigenvalue weighted by molar-refractivity contribution is 5.59. The van der Waals surface area contributed by atoms with Crippen LogP contribution in [0.4, 0.5) is 21.8 Å². The lowest BCUT2D eigenvalue weighted by Crippen LogP contribution is -2.66. The zero-order valence-electron chi connectivity index (χ0n) is 18.2. The SMILES string of the molecule is Cc1ccc(C(C)(C)c2ccc(Nc3nc(N4CC5(COC5)C4)ncc3F)cc2)cc1. The molecule has 2 aromatic carbocycles. The summed E-state index contributed by atoms with van der Waals surface area (Å²) in [4.78, 5) is 10.7. The van der Waals surface area contributed by atoms with Crippen LogP contribution in [0.1, 0.15) is 30.5 Å². The molecule has 160 valence electrons.